The van der Waals surface area contributed by atoms with Crippen LogP contribution >= 0.6 is 15.9 Å². The highest BCUT2D eigenvalue weighted by atomic mass is 79.9. The molecular formula is C20H22BrFN2O3S. The Morgan fingerprint density at radius 1 is 1.25 bits per heavy atom. The van der Waals surface area contributed by atoms with Crippen LogP contribution in [0.3, 0.4) is 0 Å². The molecule has 3 rings (SSSR count). The van der Waals surface area contributed by atoms with Gasteiger partial charge in [-0.3, -0.25) is 4.79 Å². The van der Waals surface area contributed by atoms with Crippen molar-refractivity contribution >= 4 is 37.5 Å². The molecule has 0 aliphatic carbocycles. The Kier molecular flexibility index (Phi) is 6.52. The van der Waals surface area contributed by atoms with Gasteiger partial charge in [-0.05, 0) is 65.5 Å². The second-order valence-corrected chi connectivity index (χ2v) is 9.49. The van der Waals surface area contributed by atoms with Crippen molar-refractivity contribution in [2.45, 2.75) is 43.5 Å². The maximum absolute atomic E-state index is 14.3. The van der Waals surface area contributed by atoms with E-state index < -0.39 is 21.7 Å². The molecule has 1 amide bonds. The molecule has 1 atom stereocenters. The standard InChI is InChI=1S/C20H22BrFN2O3S/c1-2-14-7-5-6-12-24(14)28(26,27)15-10-11-18(22)16(13-15)20(25)23-19-9-4-3-8-17(19)21/h3-4,8-11,13-14H,2,5-7,12H2,1H3,(H,23,25)/t14-/m1/s1. The van der Waals surface area contributed by atoms with Crippen molar-refractivity contribution in [2.75, 3.05) is 11.9 Å². The van der Waals surface area contributed by atoms with Crippen molar-refractivity contribution in [2.24, 2.45) is 0 Å². The van der Waals surface area contributed by atoms with Gasteiger partial charge in [0.1, 0.15) is 5.82 Å². The third kappa shape index (κ3) is 4.29. The summed E-state index contributed by atoms with van der Waals surface area (Å²) >= 11 is 3.32. The Balaban J connectivity index is 1.92. The number of sulfonamides is 1. The summed E-state index contributed by atoms with van der Waals surface area (Å²) < 4.78 is 42.7. The molecule has 1 fully saturated rings. The van der Waals surface area contributed by atoms with E-state index in [1.165, 1.54) is 10.4 Å². The first-order chi connectivity index (χ1) is 13.3. The van der Waals surface area contributed by atoms with Crippen LogP contribution < -0.4 is 5.32 Å². The molecule has 150 valence electrons. The van der Waals surface area contributed by atoms with Crippen LogP contribution in [0.15, 0.2) is 51.8 Å². The Bertz CT molecular complexity index is 981. The first-order valence-corrected chi connectivity index (χ1v) is 11.4. The smallest absolute Gasteiger partial charge is 0.258 e. The van der Waals surface area contributed by atoms with E-state index in [1.807, 2.05) is 6.92 Å². The summed E-state index contributed by atoms with van der Waals surface area (Å²) in [6.07, 6.45) is 3.32. The van der Waals surface area contributed by atoms with Gasteiger partial charge in [0, 0.05) is 17.1 Å². The Labute approximate surface area is 173 Å². The van der Waals surface area contributed by atoms with Crippen LogP contribution in [0.5, 0.6) is 0 Å². The quantitative estimate of drug-likeness (QED) is 0.685. The number of hydrogen-bond acceptors (Lipinski definition) is 3. The number of rotatable bonds is 5. The molecule has 0 bridgehead atoms. The molecule has 5 nitrogen and oxygen atoms in total. The second kappa shape index (κ2) is 8.71. The van der Waals surface area contributed by atoms with Crippen LogP contribution in [-0.2, 0) is 10.0 Å². The topological polar surface area (TPSA) is 66.5 Å². The van der Waals surface area contributed by atoms with Crippen LogP contribution in [0.25, 0.3) is 0 Å². The van der Waals surface area contributed by atoms with E-state index in [2.05, 4.69) is 21.2 Å². The molecule has 8 heteroatoms. The monoisotopic (exact) mass is 468 g/mol. The molecule has 28 heavy (non-hydrogen) atoms. The molecule has 0 aromatic heterocycles. The summed E-state index contributed by atoms with van der Waals surface area (Å²) in [4.78, 5) is 12.5. The van der Waals surface area contributed by atoms with Gasteiger partial charge in [-0.15, -0.1) is 0 Å². The number of carbonyl (C=O) groups excluding carboxylic acids is 1. The van der Waals surface area contributed by atoms with Crippen molar-refractivity contribution < 1.29 is 17.6 Å². The molecule has 0 spiro atoms. The lowest BCUT2D eigenvalue weighted by molar-refractivity contribution is 0.102. The lowest BCUT2D eigenvalue weighted by Gasteiger charge is -2.34. The SMILES string of the molecule is CC[C@@H]1CCCCN1S(=O)(=O)c1ccc(F)c(C(=O)Nc2ccccc2Br)c1. The molecule has 2 aromatic carbocycles. The lowest BCUT2D eigenvalue weighted by atomic mass is 10.0. The van der Waals surface area contributed by atoms with Crippen LogP contribution in [-0.4, -0.2) is 31.2 Å². The van der Waals surface area contributed by atoms with Gasteiger partial charge in [-0.1, -0.05) is 25.5 Å². The molecule has 2 aromatic rings. The van der Waals surface area contributed by atoms with Crippen molar-refractivity contribution in [3.8, 4) is 0 Å². The third-order valence-corrected chi connectivity index (χ3v) is 7.59. The van der Waals surface area contributed by atoms with E-state index in [0.29, 0.717) is 16.7 Å². The largest absolute Gasteiger partial charge is 0.321 e. The molecule has 1 saturated heterocycles. The Morgan fingerprint density at radius 3 is 2.71 bits per heavy atom. The fraction of sp³-hybridized carbons (Fsp3) is 0.350. The molecule has 1 aliphatic rings. The third-order valence-electron chi connectivity index (χ3n) is 4.96. The predicted molar refractivity (Wildman–Crippen MR) is 110 cm³/mol. The zero-order valence-corrected chi connectivity index (χ0v) is 17.9. The summed E-state index contributed by atoms with van der Waals surface area (Å²) in [5.41, 5.74) is 0.170. The van der Waals surface area contributed by atoms with E-state index in [-0.39, 0.29) is 16.5 Å². The highest BCUT2D eigenvalue weighted by molar-refractivity contribution is 9.10. The Morgan fingerprint density at radius 2 is 2.00 bits per heavy atom. The zero-order chi connectivity index (χ0) is 20.3. The average Bonchev–Trinajstić information content (AvgIpc) is 2.69. The average molecular weight is 469 g/mol. The highest BCUT2D eigenvalue weighted by Gasteiger charge is 2.33. The van der Waals surface area contributed by atoms with Crippen molar-refractivity contribution in [1.82, 2.24) is 4.31 Å². The molecule has 0 unspecified atom stereocenters. The summed E-state index contributed by atoms with van der Waals surface area (Å²) in [5.74, 6) is -1.47. The van der Waals surface area contributed by atoms with Gasteiger partial charge in [-0.2, -0.15) is 4.31 Å². The minimum Gasteiger partial charge on any atom is -0.321 e. The van der Waals surface area contributed by atoms with E-state index in [0.717, 1.165) is 37.8 Å². The van der Waals surface area contributed by atoms with Crippen molar-refractivity contribution in [3.63, 3.8) is 0 Å². The van der Waals surface area contributed by atoms with Gasteiger partial charge in [0.2, 0.25) is 10.0 Å². The number of halogens is 2. The number of carbonyl (C=O) groups is 1. The van der Waals surface area contributed by atoms with Gasteiger partial charge < -0.3 is 5.32 Å². The fourth-order valence-corrected chi connectivity index (χ4v) is 5.60. The van der Waals surface area contributed by atoms with Crippen molar-refractivity contribution in [1.29, 1.82) is 0 Å². The number of nitrogens with zero attached hydrogens (tertiary/aromatic N) is 1. The van der Waals surface area contributed by atoms with Gasteiger partial charge in [0.15, 0.2) is 0 Å². The van der Waals surface area contributed by atoms with E-state index in [4.69, 9.17) is 0 Å². The lowest BCUT2D eigenvalue weighted by Crippen LogP contribution is -2.43. The van der Waals surface area contributed by atoms with Crippen LogP contribution in [0, 0.1) is 5.82 Å². The minimum atomic E-state index is -3.80. The number of amides is 1. The van der Waals surface area contributed by atoms with E-state index in [1.54, 1.807) is 24.3 Å². The van der Waals surface area contributed by atoms with E-state index in [9.17, 15) is 17.6 Å². The van der Waals surface area contributed by atoms with Crippen LogP contribution in [0.4, 0.5) is 10.1 Å². The maximum Gasteiger partial charge on any atom is 0.258 e. The molecular weight excluding hydrogens is 447 g/mol. The number of hydrogen-bond donors (Lipinski definition) is 1. The van der Waals surface area contributed by atoms with Gasteiger partial charge in [0.25, 0.3) is 5.91 Å². The molecule has 0 radical (unpaired) electrons. The number of nitrogens with one attached hydrogen (secondary N) is 1. The summed E-state index contributed by atoms with van der Waals surface area (Å²) in [7, 11) is -3.80. The summed E-state index contributed by atoms with van der Waals surface area (Å²) in [6, 6.07) is 10.2. The number of piperidine rings is 1. The number of benzene rings is 2. The summed E-state index contributed by atoms with van der Waals surface area (Å²) in [6.45, 7) is 2.40. The van der Waals surface area contributed by atoms with Crippen molar-refractivity contribution in [3.05, 3.63) is 58.3 Å². The molecule has 0 saturated carbocycles. The Hall–Kier alpha value is -1.77. The second-order valence-electron chi connectivity index (χ2n) is 6.75. The van der Waals surface area contributed by atoms with Crippen LogP contribution in [0.1, 0.15) is 43.0 Å². The van der Waals surface area contributed by atoms with Gasteiger partial charge >= 0.3 is 0 Å². The zero-order valence-electron chi connectivity index (χ0n) is 15.5. The summed E-state index contributed by atoms with van der Waals surface area (Å²) in [5, 5.41) is 2.61. The number of para-hydroxylation sites is 1. The van der Waals surface area contributed by atoms with Crippen LogP contribution in [0.2, 0.25) is 0 Å². The molecule has 1 aliphatic heterocycles. The minimum absolute atomic E-state index is 0.0634. The first-order valence-electron chi connectivity index (χ1n) is 9.22. The predicted octanol–water partition coefficient (Wildman–Crippen LogP) is 4.79. The normalized spacial score (nSPS) is 18.0. The molecule has 1 N–H and O–H groups in total. The fourth-order valence-electron chi connectivity index (χ4n) is 3.42. The van der Waals surface area contributed by atoms with Gasteiger partial charge in [0.05, 0.1) is 16.1 Å². The maximum atomic E-state index is 14.3. The van der Waals surface area contributed by atoms with E-state index >= 15 is 0 Å². The molecule has 1 heterocycles. The first kappa shape index (κ1) is 21.0. The number of anilines is 1. The highest BCUT2D eigenvalue weighted by Crippen LogP contribution is 2.28. The van der Waals surface area contributed by atoms with Gasteiger partial charge in [-0.25, -0.2) is 12.8 Å².